The van der Waals surface area contributed by atoms with Gasteiger partial charge in [-0.3, -0.25) is 9.59 Å². The first-order valence-electron chi connectivity index (χ1n) is 8.06. The van der Waals surface area contributed by atoms with Crippen molar-refractivity contribution in [2.45, 2.75) is 6.54 Å². The van der Waals surface area contributed by atoms with Crippen LogP contribution in [-0.2, 0) is 6.54 Å². The van der Waals surface area contributed by atoms with E-state index in [2.05, 4.69) is 10.5 Å². The predicted molar refractivity (Wildman–Crippen MR) is 108 cm³/mol. The van der Waals surface area contributed by atoms with E-state index in [-0.39, 0.29) is 5.56 Å². The van der Waals surface area contributed by atoms with Crippen LogP contribution in [0.15, 0.2) is 76.8 Å². The van der Waals surface area contributed by atoms with Gasteiger partial charge < -0.3 is 4.57 Å². The highest BCUT2D eigenvalue weighted by molar-refractivity contribution is 6.31. The van der Waals surface area contributed by atoms with Gasteiger partial charge >= 0.3 is 0 Å². The van der Waals surface area contributed by atoms with E-state index in [1.54, 1.807) is 48.7 Å². The molecule has 0 radical (unpaired) electrons. The molecule has 1 amide bonds. The smallest absolute Gasteiger partial charge is 0.276 e. The van der Waals surface area contributed by atoms with E-state index in [4.69, 9.17) is 23.2 Å². The van der Waals surface area contributed by atoms with E-state index in [1.807, 2.05) is 12.1 Å². The molecule has 2 aromatic carbocycles. The summed E-state index contributed by atoms with van der Waals surface area (Å²) < 4.78 is 1.46. The van der Waals surface area contributed by atoms with Crippen LogP contribution < -0.4 is 11.0 Å². The van der Waals surface area contributed by atoms with Crippen LogP contribution in [0.25, 0.3) is 0 Å². The molecule has 0 atom stereocenters. The predicted octanol–water partition coefficient (Wildman–Crippen LogP) is 3.97. The first-order chi connectivity index (χ1) is 13.0. The van der Waals surface area contributed by atoms with Crippen molar-refractivity contribution < 1.29 is 4.79 Å². The number of halogens is 2. The van der Waals surface area contributed by atoms with Gasteiger partial charge in [-0.25, -0.2) is 5.43 Å². The molecule has 1 N–H and O–H groups in total. The number of amides is 1. The molecule has 0 bridgehead atoms. The van der Waals surface area contributed by atoms with Crippen LogP contribution in [0.1, 0.15) is 21.5 Å². The van der Waals surface area contributed by atoms with Gasteiger partial charge in [0.15, 0.2) is 0 Å². The maximum atomic E-state index is 12.6. The number of nitrogens with one attached hydrogen (secondary N) is 1. The van der Waals surface area contributed by atoms with Crippen LogP contribution in [0.4, 0.5) is 0 Å². The van der Waals surface area contributed by atoms with Crippen molar-refractivity contribution in [1.82, 2.24) is 9.99 Å². The quantitative estimate of drug-likeness (QED) is 0.521. The SMILES string of the molecule is O=C(N/N=C\c1cccc(Cl)c1)c1cccn(Cc2ccc(Cl)cc2)c1=O. The third-order valence-corrected chi connectivity index (χ3v) is 4.25. The van der Waals surface area contributed by atoms with Gasteiger partial charge in [-0.1, -0.05) is 47.5 Å². The summed E-state index contributed by atoms with van der Waals surface area (Å²) >= 11 is 11.8. The van der Waals surface area contributed by atoms with Crippen LogP contribution in [0.5, 0.6) is 0 Å². The summed E-state index contributed by atoms with van der Waals surface area (Å²) in [6, 6.07) is 17.3. The van der Waals surface area contributed by atoms with Gasteiger partial charge in [0.05, 0.1) is 12.8 Å². The fourth-order valence-corrected chi connectivity index (χ4v) is 2.76. The Bertz CT molecular complexity index is 1040. The maximum Gasteiger partial charge on any atom is 0.276 e. The summed E-state index contributed by atoms with van der Waals surface area (Å²) in [6.45, 7) is 0.336. The zero-order valence-electron chi connectivity index (χ0n) is 14.1. The number of hydrogen-bond acceptors (Lipinski definition) is 3. The average Bonchev–Trinajstić information content (AvgIpc) is 2.65. The van der Waals surface area contributed by atoms with E-state index in [9.17, 15) is 9.59 Å². The van der Waals surface area contributed by atoms with Crippen molar-refractivity contribution in [2.75, 3.05) is 0 Å². The Morgan fingerprint density at radius 2 is 1.81 bits per heavy atom. The van der Waals surface area contributed by atoms with Crippen molar-refractivity contribution in [1.29, 1.82) is 0 Å². The lowest BCUT2D eigenvalue weighted by molar-refractivity contribution is 0.0953. The largest absolute Gasteiger partial charge is 0.310 e. The van der Waals surface area contributed by atoms with E-state index in [0.717, 1.165) is 11.1 Å². The van der Waals surface area contributed by atoms with Gasteiger partial charge in [0, 0.05) is 16.2 Å². The number of benzene rings is 2. The Balaban J connectivity index is 1.73. The van der Waals surface area contributed by atoms with Gasteiger partial charge in [0.1, 0.15) is 5.56 Å². The highest BCUT2D eigenvalue weighted by atomic mass is 35.5. The molecule has 0 fully saturated rings. The highest BCUT2D eigenvalue weighted by Gasteiger charge is 2.11. The molecule has 0 spiro atoms. The standard InChI is InChI=1S/C20H15Cl2N3O2/c21-16-8-6-14(7-9-16)13-25-10-2-5-18(20(25)27)19(26)24-23-12-15-3-1-4-17(22)11-15/h1-12H,13H2,(H,24,26)/b23-12-. The fourth-order valence-electron chi connectivity index (χ4n) is 2.43. The van der Waals surface area contributed by atoms with E-state index in [1.165, 1.54) is 16.8 Å². The number of rotatable bonds is 5. The Morgan fingerprint density at radius 3 is 2.56 bits per heavy atom. The number of carbonyl (C=O) groups excluding carboxylic acids is 1. The zero-order chi connectivity index (χ0) is 19.2. The van der Waals surface area contributed by atoms with Crippen molar-refractivity contribution >= 4 is 35.3 Å². The molecule has 0 unspecified atom stereocenters. The summed E-state index contributed by atoms with van der Waals surface area (Å²) in [5, 5.41) is 5.07. The molecular weight excluding hydrogens is 385 g/mol. The second kappa shape index (κ2) is 8.66. The van der Waals surface area contributed by atoms with E-state index in [0.29, 0.717) is 16.6 Å². The molecule has 136 valence electrons. The van der Waals surface area contributed by atoms with Crippen LogP contribution >= 0.6 is 23.2 Å². The average molecular weight is 400 g/mol. The summed E-state index contributed by atoms with van der Waals surface area (Å²) in [5.41, 5.74) is 3.61. The third-order valence-electron chi connectivity index (χ3n) is 3.76. The van der Waals surface area contributed by atoms with E-state index >= 15 is 0 Å². The van der Waals surface area contributed by atoms with Crippen LogP contribution in [-0.4, -0.2) is 16.7 Å². The molecule has 3 rings (SSSR count). The molecule has 7 heteroatoms. The normalized spacial score (nSPS) is 10.9. The third kappa shape index (κ3) is 5.06. The molecule has 0 aliphatic carbocycles. The molecule has 27 heavy (non-hydrogen) atoms. The molecule has 0 aliphatic rings. The van der Waals surface area contributed by atoms with Gasteiger partial charge in [-0.2, -0.15) is 5.10 Å². The Kier molecular flexibility index (Phi) is 6.06. The number of pyridine rings is 1. The minimum absolute atomic E-state index is 0.00899. The van der Waals surface area contributed by atoms with Gasteiger partial charge in [0.2, 0.25) is 0 Å². The van der Waals surface area contributed by atoms with Crippen molar-refractivity contribution in [2.24, 2.45) is 5.10 Å². The Morgan fingerprint density at radius 1 is 1.04 bits per heavy atom. The second-order valence-electron chi connectivity index (χ2n) is 5.74. The van der Waals surface area contributed by atoms with Crippen LogP contribution in [0.2, 0.25) is 10.0 Å². The topological polar surface area (TPSA) is 63.5 Å². The molecule has 5 nitrogen and oxygen atoms in total. The molecule has 0 saturated carbocycles. The highest BCUT2D eigenvalue weighted by Crippen LogP contribution is 2.10. The Labute approximate surface area is 165 Å². The molecule has 0 aliphatic heterocycles. The fraction of sp³-hybridized carbons (Fsp3) is 0.0500. The first kappa shape index (κ1) is 18.9. The van der Waals surface area contributed by atoms with Crippen LogP contribution in [0.3, 0.4) is 0 Å². The number of hydrogen-bond donors (Lipinski definition) is 1. The summed E-state index contributed by atoms with van der Waals surface area (Å²) in [7, 11) is 0. The van der Waals surface area contributed by atoms with Crippen molar-refractivity contribution in [3.05, 3.63) is 104 Å². The molecule has 0 saturated heterocycles. The summed E-state index contributed by atoms with van der Waals surface area (Å²) in [4.78, 5) is 24.9. The number of nitrogens with zero attached hydrogens (tertiary/aromatic N) is 2. The minimum Gasteiger partial charge on any atom is -0.310 e. The molecule has 1 aromatic heterocycles. The van der Waals surface area contributed by atoms with Crippen molar-refractivity contribution in [3.8, 4) is 0 Å². The first-order valence-corrected chi connectivity index (χ1v) is 8.81. The van der Waals surface area contributed by atoms with Crippen LogP contribution in [0, 0.1) is 0 Å². The number of aromatic nitrogens is 1. The number of carbonyl (C=O) groups is 1. The summed E-state index contributed by atoms with van der Waals surface area (Å²) in [5.74, 6) is -0.580. The summed E-state index contributed by atoms with van der Waals surface area (Å²) in [6.07, 6.45) is 3.09. The zero-order valence-corrected chi connectivity index (χ0v) is 15.6. The molecular formula is C20H15Cl2N3O2. The number of hydrazone groups is 1. The minimum atomic E-state index is -0.580. The molecule has 1 heterocycles. The van der Waals surface area contributed by atoms with Gasteiger partial charge in [0.25, 0.3) is 11.5 Å². The van der Waals surface area contributed by atoms with Gasteiger partial charge in [-0.15, -0.1) is 0 Å². The van der Waals surface area contributed by atoms with E-state index < -0.39 is 11.5 Å². The van der Waals surface area contributed by atoms with Crippen molar-refractivity contribution in [3.63, 3.8) is 0 Å². The Hall–Kier alpha value is -2.89. The molecule has 3 aromatic rings. The maximum absolute atomic E-state index is 12.6. The lowest BCUT2D eigenvalue weighted by Crippen LogP contribution is -2.30. The monoisotopic (exact) mass is 399 g/mol. The lowest BCUT2D eigenvalue weighted by atomic mass is 10.2. The lowest BCUT2D eigenvalue weighted by Gasteiger charge is -2.08. The second-order valence-corrected chi connectivity index (χ2v) is 6.61. The van der Waals surface area contributed by atoms with Gasteiger partial charge in [-0.05, 0) is 47.5 Å².